The van der Waals surface area contributed by atoms with Gasteiger partial charge in [-0.2, -0.15) is 0 Å². The fourth-order valence-corrected chi connectivity index (χ4v) is 3.33. The molecule has 2 bridgehead atoms. The van der Waals surface area contributed by atoms with Crippen molar-refractivity contribution in [3.63, 3.8) is 0 Å². The van der Waals surface area contributed by atoms with Crippen molar-refractivity contribution in [1.29, 1.82) is 0 Å². The zero-order valence-electron chi connectivity index (χ0n) is 16.7. The van der Waals surface area contributed by atoms with Crippen LogP contribution in [0.15, 0.2) is 42.5 Å². The molecule has 0 fully saturated rings. The first-order valence-corrected chi connectivity index (χ1v) is 9.97. The SMILES string of the molecule is CN1CCCNc2cccc(n2)CCCN(C(=O)Cc2cccc(F)c2)CC1=O. The van der Waals surface area contributed by atoms with Crippen molar-refractivity contribution < 1.29 is 14.0 Å². The van der Waals surface area contributed by atoms with Crippen LogP contribution in [0.2, 0.25) is 0 Å². The van der Waals surface area contributed by atoms with E-state index in [1.807, 2.05) is 18.2 Å². The van der Waals surface area contributed by atoms with Crippen LogP contribution in [0.5, 0.6) is 0 Å². The Hall–Kier alpha value is -2.96. The third-order valence-electron chi connectivity index (χ3n) is 4.99. The highest BCUT2D eigenvalue weighted by Crippen LogP contribution is 2.11. The topological polar surface area (TPSA) is 65.5 Å². The van der Waals surface area contributed by atoms with Gasteiger partial charge in [-0.15, -0.1) is 0 Å². The van der Waals surface area contributed by atoms with E-state index in [9.17, 15) is 14.0 Å². The second-order valence-electron chi connectivity index (χ2n) is 7.34. The summed E-state index contributed by atoms with van der Waals surface area (Å²) in [5.74, 6) is 0.193. The summed E-state index contributed by atoms with van der Waals surface area (Å²) in [4.78, 5) is 33.3. The fraction of sp³-hybridized carbons (Fsp3) is 0.409. The number of aromatic nitrogens is 1. The molecule has 1 aliphatic heterocycles. The molecular formula is C22H27FN4O2. The van der Waals surface area contributed by atoms with Crippen LogP contribution in [-0.4, -0.2) is 59.8 Å². The van der Waals surface area contributed by atoms with E-state index in [1.54, 1.807) is 29.0 Å². The van der Waals surface area contributed by atoms with E-state index in [0.29, 0.717) is 31.5 Å². The molecule has 1 N–H and O–H groups in total. The van der Waals surface area contributed by atoms with Gasteiger partial charge in [0.1, 0.15) is 11.6 Å². The maximum Gasteiger partial charge on any atom is 0.241 e. The normalized spacial score (nSPS) is 16.1. The van der Waals surface area contributed by atoms with Gasteiger partial charge in [0.2, 0.25) is 11.8 Å². The van der Waals surface area contributed by atoms with Gasteiger partial charge in [0, 0.05) is 32.4 Å². The van der Waals surface area contributed by atoms with Gasteiger partial charge in [0.25, 0.3) is 0 Å². The highest BCUT2D eigenvalue weighted by molar-refractivity contribution is 5.85. The summed E-state index contributed by atoms with van der Waals surface area (Å²) in [6.45, 7) is 1.80. The molecule has 7 heteroatoms. The molecule has 1 aliphatic rings. The van der Waals surface area contributed by atoms with E-state index in [0.717, 1.165) is 24.5 Å². The number of carbonyl (C=O) groups excluding carboxylic acids is 2. The van der Waals surface area contributed by atoms with Crippen LogP contribution >= 0.6 is 0 Å². The van der Waals surface area contributed by atoms with Gasteiger partial charge in [-0.25, -0.2) is 9.37 Å². The first-order chi connectivity index (χ1) is 14.0. The number of pyridine rings is 1. The molecule has 0 saturated heterocycles. The minimum absolute atomic E-state index is 0.0333. The van der Waals surface area contributed by atoms with E-state index in [4.69, 9.17) is 0 Å². The summed E-state index contributed by atoms with van der Waals surface area (Å²) in [6, 6.07) is 11.9. The van der Waals surface area contributed by atoms with Crippen molar-refractivity contribution in [2.45, 2.75) is 25.7 Å². The minimum Gasteiger partial charge on any atom is -0.370 e. The van der Waals surface area contributed by atoms with E-state index < -0.39 is 0 Å². The average Bonchev–Trinajstić information content (AvgIpc) is 2.70. The molecule has 1 aromatic carbocycles. The number of likely N-dealkylation sites (N-methyl/N-ethyl adjacent to an activating group) is 1. The number of aryl methyl sites for hydroxylation is 1. The van der Waals surface area contributed by atoms with Gasteiger partial charge >= 0.3 is 0 Å². The number of nitrogens with one attached hydrogen (secondary N) is 1. The Morgan fingerprint density at radius 3 is 2.83 bits per heavy atom. The predicted molar refractivity (Wildman–Crippen MR) is 110 cm³/mol. The van der Waals surface area contributed by atoms with Crippen molar-refractivity contribution in [1.82, 2.24) is 14.8 Å². The Kier molecular flexibility index (Phi) is 7.16. The summed E-state index contributed by atoms with van der Waals surface area (Å²) in [5.41, 5.74) is 1.56. The van der Waals surface area contributed by atoms with Gasteiger partial charge in [-0.1, -0.05) is 18.2 Å². The zero-order valence-corrected chi connectivity index (χ0v) is 16.7. The molecule has 1 aromatic heterocycles. The number of carbonyl (C=O) groups is 2. The number of hydrogen-bond donors (Lipinski definition) is 1. The van der Waals surface area contributed by atoms with Gasteiger partial charge in [0.05, 0.1) is 13.0 Å². The summed E-state index contributed by atoms with van der Waals surface area (Å²) < 4.78 is 13.5. The quantitative estimate of drug-likeness (QED) is 0.844. The summed E-state index contributed by atoms with van der Waals surface area (Å²) in [5, 5.41) is 3.29. The van der Waals surface area contributed by atoms with Crippen LogP contribution < -0.4 is 5.32 Å². The summed E-state index contributed by atoms with van der Waals surface area (Å²) in [7, 11) is 1.75. The number of halogens is 1. The molecule has 29 heavy (non-hydrogen) atoms. The molecule has 6 nitrogen and oxygen atoms in total. The first kappa shape index (κ1) is 20.8. The molecule has 2 aromatic rings. The maximum absolute atomic E-state index is 13.5. The molecule has 3 rings (SSSR count). The molecule has 0 aliphatic carbocycles. The number of nitrogens with zero attached hydrogens (tertiary/aromatic N) is 3. The largest absolute Gasteiger partial charge is 0.370 e. The third kappa shape index (κ3) is 6.27. The van der Waals surface area contributed by atoms with Crippen LogP contribution in [0.3, 0.4) is 0 Å². The molecule has 0 atom stereocenters. The second-order valence-corrected chi connectivity index (χ2v) is 7.34. The lowest BCUT2D eigenvalue weighted by atomic mass is 10.1. The number of amides is 2. The monoisotopic (exact) mass is 398 g/mol. The van der Waals surface area contributed by atoms with Crippen molar-refractivity contribution in [2.24, 2.45) is 0 Å². The number of fused-ring (bicyclic) bond motifs is 2. The van der Waals surface area contributed by atoms with Crippen LogP contribution in [-0.2, 0) is 22.4 Å². The van der Waals surface area contributed by atoms with E-state index >= 15 is 0 Å². The molecule has 2 heterocycles. The second kappa shape index (κ2) is 10.0. The Balaban J connectivity index is 1.73. The number of rotatable bonds is 2. The van der Waals surface area contributed by atoms with Gasteiger partial charge in [-0.3, -0.25) is 9.59 Å². The predicted octanol–water partition coefficient (Wildman–Crippen LogP) is 2.50. The standard InChI is InChI=1S/C22H27FN4O2/c1-26-12-5-11-24-20-10-3-8-19(25-20)9-4-13-27(16-22(26)29)21(28)15-17-6-2-7-18(23)14-17/h2-3,6-8,10,14H,4-5,9,11-13,15-16H2,1H3,(H,24,25). The molecule has 0 radical (unpaired) electrons. The number of anilines is 1. The van der Waals surface area contributed by atoms with E-state index in [-0.39, 0.29) is 30.6 Å². The van der Waals surface area contributed by atoms with Crippen molar-refractivity contribution >= 4 is 17.6 Å². The lowest BCUT2D eigenvalue weighted by Crippen LogP contribution is -2.43. The highest BCUT2D eigenvalue weighted by atomic mass is 19.1. The van der Waals surface area contributed by atoms with Crippen molar-refractivity contribution in [2.75, 3.05) is 38.5 Å². The average molecular weight is 398 g/mol. The smallest absolute Gasteiger partial charge is 0.241 e. The molecule has 154 valence electrons. The Bertz CT molecular complexity index is 858. The fourth-order valence-electron chi connectivity index (χ4n) is 3.33. The number of benzene rings is 1. The Morgan fingerprint density at radius 1 is 1.17 bits per heavy atom. The van der Waals surface area contributed by atoms with Crippen LogP contribution in [0, 0.1) is 5.82 Å². The molecular weight excluding hydrogens is 371 g/mol. The van der Waals surface area contributed by atoms with Crippen molar-refractivity contribution in [3.8, 4) is 0 Å². The summed E-state index contributed by atoms with van der Waals surface area (Å²) >= 11 is 0. The Morgan fingerprint density at radius 2 is 2.00 bits per heavy atom. The van der Waals surface area contributed by atoms with E-state index in [2.05, 4.69) is 10.3 Å². The Labute approximate surface area is 170 Å². The van der Waals surface area contributed by atoms with Crippen LogP contribution in [0.25, 0.3) is 0 Å². The van der Waals surface area contributed by atoms with Gasteiger partial charge < -0.3 is 15.1 Å². The molecule has 2 amide bonds. The van der Waals surface area contributed by atoms with Crippen LogP contribution in [0.1, 0.15) is 24.1 Å². The number of hydrogen-bond acceptors (Lipinski definition) is 4. The molecule has 0 unspecified atom stereocenters. The highest BCUT2D eigenvalue weighted by Gasteiger charge is 2.20. The minimum atomic E-state index is -0.369. The molecule has 0 saturated carbocycles. The van der Waals surface area contributed by atoms with Gasteiger partial charge in [0.15, 0.2) is 0 Å². The van der Waals surface area contributed by atoms with Crippen molar-refractivity contribution in [3.05, 3.63) is 59.5 Å². The van der Waals surface area contributed by atoms with Gasteiger partial charge in [-0.05, 0) is 49.1 Å². The maximum atomic E-state index is 13.5. The summed E-state index contributed by atoms with van der Waals surface area (Å²) in [6.07, 6.45) is 2.27. The zero-order chi connectivity index (χ0) is 20.6. The third-order valence-corrected chi connectivity index (χ3v) is 4.99. The lowest BCUT2D eigenvalue weighted by molar-refractivity contribution is -0.139. The molecule has 0 spiro atoms. The first-order valence-electron chi connectivity index (χ1n) is 9.97. The lowest BCUT2D eigenvalue weighted by Gasteiger charge is -2.26. The van der Waals surface area contributed by atoms with Crippen LogP contribution in [0.4, 0.5) is 10.2 Å². The van der Waals surface area contributed by atoms with E-state index in [1.165, 1.54) is 12.1 Å².